The van der Waals surface area contributed by atoms with Gasteiger partial charge in [-0.05, 0) is 37.1 Å². The second kappa shape index (κ2) is 9.67. The summed E-state index contributed by atoms with van der Waals surface area (Å²) in [6.45, 7) is 0.756. The Balaban J connectivity index is 1.47. The first-order chi connectivity index (χ1) is 17.1. The Hall–Kier alpha value is -4.05. The topological polar surface area (TPSA) is 110 Å². The Morgan fingerprint density at radius 1 is 1.17 bits per heavy atom. The summed E-state index contributed by atoms with van der Waals surface area (Å²) in [7, 11) is 3.16. The van der Waals surface area contributed by atoms with Crippen LogP contribution in [0.3, 0.4) is 0 Å². The second-order valence-electron chi connectivity index (χ2n) is 8.21. The van der Waals surface area contributed by atoms with Crippen LogP contribution >= 0.6 is 0 Å². The number of fused-ring (bicyclic) bond motifs is 1. The molecule has 0 saturated heterocycles. The molecule has 9 nitrogen and oxygen atoms in total. The highest BCUT2D eigenvalue weighted by Gasteiger charge is 2.29. The number of pyridine rings is 1. The molecule has 2 N–H and O–H groups in total. The minimum atomic E-state index is -0.432. The lowest BCUT2D eigenvalue weighted by Gasteiger charge is -2.09. The quantitative estimate of drug-likeness (QED) is 0.223. The van der Waals surface area contributed by atoms with Crippen molar-refractivity contribution in [3.63, 3.8) is 0 Å². The van der Waals surface area contributed by atoms with Crippen molar-refractivity contribution < 1.29 is 18.6 Å². The van der Waals surface area contributed by atoms with Crippen molar-refractivity contribution in [2.75, 3.05) is 27.4 Å². The van der Waals surface area contributed by atoms with Gasteiger partial charge in [-0.25, -0.2) is 9.37 Å². The number of aromatic amines is 1. The van der Waals surface area contributed by atoms with Crippen molar-refractivity contribution >= 4 is 17.4 Å². The van der Waals surface area contributed by atoms with Crippen LogP contribution in [0, 0.1) is 17.1 Å². The zero-order chi connectivity index (χ0) is 24.4. The van der Waals surface area contributed by atoms with E-state index in [0.29, 0.717) is 53.0 Å². The molecule has 0 atom stereocenters. The van der Waals surface area contributed by atoms with Crippen molar-refractivity contribution in [3.05, 3.63) is 60.4 Å². The number of rotatable bonds is 8. The Bertz CT molecular complexity index is 1410. The first kappa shape index (κ1) is 22.7. The summed E-state index contributed by atoms with van der Waals surface area (Å²) in [6, 6.07) is 8.44. The molecule has 0 amide bonds. The maximum Gasteiger partial charge on any atom is 0.192 e. The number of nitrogens with zero attached hydrogens (tertiary/aromatic N) is 4. The molecule has 0 aliphatic heterocycles. The van der Waals surface area contributed by atoms with Crippen LogP contribution in [0.15, 0.2) is 53.9 Å². The molecule has 1 aliphatic carbocycles. The van der Waals surface area contributed by atoms with Gasteiger partial charge in [0.05, 0.1) is 31.8 Å². The van der Waals surface area contributed by atoms with E-state index in [0.717, 1.165) is 18.4 Å². The van der Waals surface area contributed by atoms with Gasteiger partial charge >= 0.3 is 0 Å². The zero-order valence-electron chi connectivity index (χ0n) is 19.4. The number of amidine groups is 1. The van der Waals surface area contributed by atoms with Gasteiger partial charge in [0.25, 0.3) is 0 Å². The van der Waals surface area contributed by atoms with Crippen LogP contribution < -0.4 is 4.74 Å². The van der Waals surface area contributed by atoms with Gasteiger partial charge in [-0.1, -0.05) is 0 Å². The normalized spacial score (nSPS) is 13.9. The largest absolute Gasteiger partial charge is 0.491 e. The Labute approximate surface area is 201 Å². The fraction of sp³-hybridized carbons (Fsp3) is 0.280. The molecule has 180 valence electrons. The first-order valence-corrected chi connectivity index (χ1v) is 11.2. The average molecular weight is 477 g/mol. The van der Waals surface area contributed by atoms with Gasteiger partial charge in [0.15, 0.2) is 11.7 Å². The molecule has 10 heteroatoms. The predicted molar refractivity (Wildman–Crippen MR) is 130 cm³/mol. The molecule has 0 radical (unpaired) electrons. The SMILES string of the molecule is COCCOc1ccc(-c2[nH]ncc2-c2ccc3ncc(C(=N)N=C(OC)C4CC4)n3c2)c(F)c1. The van der Waals surface area contributed by atoms with Crippen molar-refractivity contribution in [3.8, 4) is 28.1 Å². The molecule has 4 aromatic rings. The van der Waals surface area contributed by atoms with E-state index >= 15 is 0 Å². The van der Waals surface area contributed by atoms with Crippen molar-refractivity contribution in [1.29, 1.82) is 5.41 Å². The molecule has 35 heavy (non-hydrogen) atoms. The van der Waals surface area contributed by atoms with E-state index in [9.17, 15) is 4.39 Å². The van der Waals surface area contributed by atoms with Gasteiger partial charge in [0, 0.05) is 42.0 Å². The standard InChI is InChI=1S/C25H25FN6O3/c1-33-9-10-35-17-6-7-18(20(26)11-17)23-19(12-29-31-23)16-5-8-22-28-13-21(32(22)14-16)24(27)30-25(34-2)15-3-4-15/h5-8,11-15,27H,3-4,9-10H2,1-2H3,(H,29,31). The second-order valence-corrected chi connectivity index (χ2v) is 8.21. The molecule has 0 unspecified atom stereocenters. The molecular formula is C25H25FN6O3. The highest BCUT2D eigenvalue weighted by molar-refractivity contribution is 6.03. The predicted octanol–water partition coefficient (Wildman–Crippen LogP) is 4.34. The lowest BCUT2D eigenvalue weighted by molar-refractivity contribution is 0.146. The molecule has 5 rings (SSSR count). The minimum absolute atomic E-state index is 0.0703. The van der Waals surface area contributed by atoms with E-state index < -0.39 is 5.82 Å². The highest BCUT2D eigenvalue weighted by atomic mass is 19.1. The van der Waals surface area contributed by atoms with E-state index in [1.807, 2.05) is 18.3 Å². The van der Waals surface area contributed by atoms with E-state index in [-0.39, 0.29) is 11.8 Å². The monoisotopic (exact) mass is 476 g/mol. The fourth-order valence-electron chi connectivity index (χ4n) is 3.86. The number of aliphatic imine (C=N–C) groups is 1. The molecule has 1 aromatic carbocycles. The number of H-pyrrole nitrogens is 1. The summed E-state index contributed by atoms with van der Waals surface area (Å²) in [5, 5.41) is 15.6. The van der Waals surface area contributed by atoms with Crippen LogP contribution in [-0.2, 0) is 9.47 Å². The summed E-state index contributed by atoms with van der Waals surface area (Å²) in [5.74, 6) is 0.923. The number of nitrogens with one attached hydrogen (secondary N) is 2. The summed E-state index contributed by atoms with van der Waals surface area (Å²) in [4.78, 5) is 8.78. The summed E-state index contributed by atoms with van der Waals surface area (Å²) >= 11 is 0. The lowest BCUT2D eigenvalue weighted by Crippen LogP contribution is -2.09. The number of hydrogen-bond acceptors (Lipinski definition) is 6. The number of imidazole rings is 1. The van der Waals surface area contributed by atoms with E-state index in [1.54, 1.807) is 43.1 Å². The highest BCUT2D eigenvalue weighted by Crippen LogP contribution is 2.34. The van der Waals surface area contributed by atoms with Crippen molar-refractivity contribution in [2.24, 2.45) is 10.9 Å². The van der Waals surface area contributed by atoms with Crippen molar-refractivity contribution in [1.82, 2.24) is 19.6 Å². The maximum atomic E-state index is 15.0. The smallest absolute Gasteiger partial charge is 0.192 e. The van der Waals surface area contributed by atoms with Crippen LogP contribution in [0.2, 0.25) is 0 Å². The molecular weight excluding hydrogens is 451 g/mol. The van der Waals surface area contributed by atoms with Gasteiger partial charge in [0.1, 0.15) is 29.5 Å². The molecule has 0 spiro atoms. The van der Waals surface area contributed by atoms with Gasteiger partial charge in [-0.3, -0.25) is 14.9 Å². The third-order valence-corrected chi connectivity index (χ3v) is 5.82. The first-order valence-electron chi connectivity index (χ1n) is 11.2. The van der Waals surface area contributed by atoms with Gasteiger partial charge in [0.2, 0.25) is 0 Å². The average Bonchev–Trinajstić information content (AvgIpc) is 3.43. The van der Waals surface area contributed by atoms with E-state index in [4.69, 9.17) is 19.6 Å². The van der Waals surface area contributed by atoms with Crippen LogP contribution in [0.25, 0.3) is 28.0 Å². The molecule has 1 saturated carbocycles. The molecule has 1 fully saturated rings. The van der Waals surface area contributed by atoms with Crippen LogP contribution in [0.5, 0.6) is 5.75 Å². The number of methoxy groups -OCH3 is 2. The van der Waals surface area contributed by atoms with Gasteiger partial charge in [-0.2, -0.15) is 10.1 Å². The number of benzene rings is 1. The van der Waals surface area contributed by atoms with Crippen molar-refractivity contribution in [2.45, 2.75) is 12.8 Å². The van der Waals surface area contributed by atoms with E-state index in [1.165, 1.54) is 6.07 Å². The Morgan fingerprint density at radius 2 is 2.03 bits per heavy atom. The zero-order valence-corrected chi connectivity index (χ0v) is 19.4. The molecule has 3 aromatic heterocycles. The van der Waals surface area contributed by atoms with Crippen LogP contribution in [0.4, 0.5) is 4.39 Å². The third-order valence-electron chi connectivity index (χ3n) is 5.82. The third kappa shape index (κ3) is 4.65. The van der Waals surface area contributed by atoms with Crippen LogP contribution in [0.1, 0.15) is 18.5 Å². The Morgan fingerprint density at radius 3 is 2.77 bits per heavy atom. The molecule has 0 bridgehead atoms. The van der Waals surface area contributed by atoms with Crippen LogP contribution in [-0.4, -0.2) is 58.7 Å². The summed E-state index contributed by atoms with van der Waals surface area (Å²) in [6.07, 6.45) is 7.16. The fourth-order valence-corrected chi connectivity index (χ4v) is 3.86. The van der Waals surface area contributed by atoms with Gasteiger partial charge in [-0.15, -0.1) is 0 Å². The maximum absolute atomic E-state index is 15.0. The molecule has 1 aliphatic rings. The molecule has 3 heterocycles. The summed E-state index contributed by atoms with van der Waals surface area (Å²) in [5.41, 5.74) is 3.61. The number of hydrogen-bond donors (Lipinski definition) is 2. The minimum Gasteiger partial charge on any atom is -0.491 e. The van der Waals surface area contributed by atoms with Gasteiger partial charge < -0.3 is 14.2 Å². The van der Waals surface area contributed by atoms with E-state index in [2.05, 4.69) is 20.2 Å². The lowest BCUT2D eigenvalue weighted by atomic mass is 10.0. The Kier molecular flexibility index (Phi) is 6.28. The number of ether oxygens (including phenoxy) is 3. The summed E-state index contributed by atoms with van der Waals surface area (Å²) < 4.78 is 32.6. The number of aromatic nitrogens is 4. The number of halogens is 1.